The van der Waals surface area contributed by atoms with Crippen molar-refractivity contribution in [2.75, 3.05) is 6.61 Å². The highest BCUT2D eigenvalue weighted by atomic mass is 16.6. The molecule has 22 heavy (non-hydrogen) atoms. The molecule has 0 aliphatic carbocycles. The van der Waals surface area contributed by atoms with Crippen molar-refractivity contribution < 1.29 is 19.5 Å². The fraction of sp³-hybridized carbons (Fsp3) is 0.467. The summed E-state index contributed by atoms with van der Waals surface area (Å²) in [6.45, 7) is 5.91. The number of fused-ring (bicyclic) bond motifs is 1. The maximum absolute atomic E-state index is 11.9. The van der Waals surface area contributed by atoms with Gasteiger partial charge in [-0.1, -0.05) is 17.3 Å². The summed E-state index contributed by atoms with van der Waals surface area (Å²) in [7, 11) is 0. The van der Waals surface area contributed by atoms with Crippen molar-refractivity contribution in [3.8, 4) is 5.75 Å². The fourth-order valence-electron chi connectivity index (χ4n) is 2.21. The lowest BCUT2D eigenvalue weighted by molar-refractivity contribution is 0.0491. The molecule has 0 aromatic heterocycles. The van der Waals surface area contributed by atoms with Crippen molar-refractivity contribution in [2.24, 2.45) is 10.9 Å². The van der Waals surface area contributed by atoms with Gasteiger partial charge in [0.2, 0.25) is 0 Å². The minimum absolute atomic E-state index is 0.00799. The standard InChI is InChI=1S/C15H21N3O4/c1-15(2,3)22-14(19)17-11-6-7-21-12-8-9(13(16)18-20)4-5-10(11)12/h4-5,8,11,20H,6-7H2,1-3H3,(H2,16,18)(H,17,19). The third kappa shape index (κ3) is 3.81. The second kappa shape index (κ2) is 6.13. The molecule has 1 unspecified atom stereocenters. The van der Waals surface area contributed by atoms with Crippen LogP contribution in [-0.2, 0) is 4.74 Å². The van der Waals surface area contributed by atoms with Gasteiger partial charge >= 0.3 is 6.09 Å². The molecular formula is C15H21N3O4. The van der Waals surface area contributed by atoms with Crippen LogP contribution in [0.2, 0.25) is 0 Å². The Hall–Kier alpha value is -2.44. The van der Waals surface area contributed by atoms with Crippen molar-refractivity contribution >= 4 is 11.9 Å². The van der Waals surface area contributed by atoms with Crippen molar-refractivity contribution in [1.82, 2.24) is 5.32 Å². The van der Waals surface area contributed by atoms with Crippen LogP contribution < -0.4 is 15.8 Å². The number of oxime groups is 1. The average Bonchev–Trinajstić information content (AvgIpc) is 2.44. The molecule has 120 valence electrons. The number of carbonyl (C=O) groups is 1. The van der Waals surface area contributed by atoms with Crippen molar-refractivity contribution in [3.63, 3.8) is 0 Å². The number of ether oxygens (including phenoxy) is 2. The molecule has 1 aliphatic heterocycles. The zero-order valence-corrected chi connectivity index (χ0v) is 12.9. The quantitative estimate of drug-likeness (QED) is 0.336. The predicted octanol–water partition coefficient (Wildman–Crippen LogP) is 2.13. The topological polar surface area (TPSA) is 106 Å². The molecule has 0 spiro atoms. The van der Waals surface area contributed by atoms with Crippen LogP contribution in [0.15, 0.2) is 23.4 Å². The molecule has 0 saturated carbocycles. The Labute approximate surface area is 129 Å². The van der Waals surface area contributed by atoms with Crippen LogP contribution in [0.25, 0.3) is 0 Å². The number of alkyl carbamates (subject to hydrolysis) is 1. The highest BCUT2D eigenvalue weighted by Gasteiger charge is 2.26. The summed E-state index contributed by atoms with van der Waals surface area (Å²) >= 11 is 0. The average molecular weight is 307 g/mol. The highest BCUT2D eigenvalue weighted by Crippen LogP contribution is 2.33. The van der Waals surface area contributed by atoms with Gasteiger partial charge in [-0.3, -0.25) is 0 Å². The van der Waals surface area contributed by atoms with E-state index in [1.807, 2.05) is 20.8 Å². The Morgan fingerprint density at radius 1 is 1.50 bits per heavy atom. The molecule has 1 amide bonds. The molecule has 4 N–H and O–H groups in total. The fourth-order valence-corrected chi connectivity index (χ4v) is 2.21. The third-order valence-corrected chi connectivity index (χ3v) is 3.15. The van der Waals surface area contributed by atoms with Gasteiger partial charge < -0.3 is 25.7 Å². The van der Waals surface area contributed by atoms with E-state index in [-0.39, 0.29) is 11.9 Å². The second-order valence-corrected chi connectivity index (χ2v) is 6.07. The molecule has 1 aromatic rings. The number of amides is 1. The van der Waals surface area contributed by atoms with Crippen molar-refractivity contribution in [3.05, 3.63) is 29.3 Å². The van der Waals surface area contributed by atoms with E-state index >= 15 is 0 Å². The Balaban J connectivity index is 2.17. The van der Waals surface area contributed by atoms with Crippen LogP contribution in [-0.4, -0.2) is 29.3 Å². The van der Waals surface area contributed by atoms with Crippen LogP contribution in [0, 0.1) is 0 Å². The Morgan fingerprint density at radius 2 is 2.23 bits per heavy atom. The van der Waals surface area contributed by atoms with Gasteiger partial charge in [0.25, 0.3) is 0 Å². The van der Waals surface area contributed by atoms with Crippen LogP contribution in [0.1, 0.15) is 44.4 Å². The first kappa shape index (κ1) is 15.9. The number of carbonyl (C=O) groups excluding carboxylic acids is 1. The summed E-state index contributed by atoms with van der Waals surface area (Å²) in [6.07, 6.45) is 0.181. The van der Waals surface area contributed by atoms with E-state index in [2.05, 4.69) is 10.5 Å². The molecular weight excluding hydrogens is 286 g/mol. The lowest BCUT2D eigenvalue weighted by Gasteiger charge is -2.28. The van der Waals surface area contributed by atoms with Gasteiger partial charge in [0.1, 0.15) is 11.4 Å². The van der Waals surface area contributed by atoms with E-state index in [9.17, 15) is 4.79 Å². The Kier molecular flexibility index (Phi) is 4.44. The van der Waals surface area contributed by atoms with Crippen LogP contribution in [0.3, 0.4) is 0 Å². The number of hydrogen-bond acceptors (Lipinski definition) is 5. The molecule has 0 fully saturated rings. The van der Waals surface area contributed by atoms with Crippen LogP contribution in [0.4, 0.5) is 4.79 Å². The summed E-state index contributed by atoms with van der Waals surface area (Å²) in [6, 6.07) is 5.00. The third-order valence-electron chi connectivity index (χ3n) is 3.15. The number of hydrogen-bond donors (Lipinski definition) is 3. The number of benzene rings is 1. The summed E-state index contributed by atoms with van der Waals surface area (Å²) < 4.78 is 10.9. The zero-order valence-electron chi connectivity index (χ0n) is 12.9. The smallest absolute Gasteiger partial charge is 0.408 e. The number of nitrogens with one attached hydrogen (secondary N) is 1. The normalized spacial score (nSPS) is 18.1. The van der Waals surface area contributed by atoms with Crippen LogP contribution in [0.5, 0.6) is 5.75 Å². The molecule has 1 heterocycles. The first-order valence-corrected chi connectivity index (χ1v) is 7.04. The van der Waals surface area contributed by atoms with Crippen molar-refractivity contribution in [1.29, 1.82) is 0 Å². The van der Waals surface area contributed by atoms with Gasteiger partial charge in [-0.25, -0.2) is 4.79 Å². The van der Waals surface area contributed by atoms with E-state index in [1.165, 1.54) is 0 Å². The maximum atomic E-state index is 11.9. The molecule has 0 saturated heterocycles. The first-order valence-electron chi connectivity index (χ1n) is 7.04. The lowest BCUT2D eigenvalue weighted by atomic mass is 9.98. The van der Waals surface area contributed by atoms with Crippen LogP contribution >= 0.6 is 0 Å². The van der Waals surface area contributed by atoms with Crippen molar-refractivity contribution in [2.45, 2.75) is 38.8 Å². The summed E-state index contributed by atoms with van der Waals surface area (Å²) in [5.74, 6) is 0.616. The van der Waals surface area contributed by atoms with Gasteiger partial charge in [-0.05, 0) is 26.8 Å². The van der Waals surface area contributed by atoms with Gasteiger partial charge in [0.05, 0.1) is 12.6 Å². The van der Waals surface area contributed by atoms with E-state index < -0.39 is 11.7 Å². The van der Waals surface area contributed by atoms with E-state index in [1.54, 1.807) is 18.2 Å². The first-order chi connectivity index (χ1) is 10.3. The zero-order chi connectivity index (χ0) is 16.3. The number of nitrogens with zero attached hydrogens (tertiary/aromatic N) is 1. The molecule has 7 heteroatoms. The SMILES string of the molecule is CC(C)(C)OC(=O)NC1CCOc2cc(C(N)=NO)ccc21. The summed E-state index contributed by atoms with van der Waals surface area (Å²) in [5, 5.41) is 14.5. The Morgan fingerprint density at radius 3 is 2.86 bits per heavy atom. The minimum Gasteiger partial charge on any atom is -0.493 e. The largest absolute Gasteiger partial charge is 0.493 e. The maximum Gasteiger partial charge on any atom is 0.408 e. The van der Waals surface area contributed by atoms with E-state index in [0.29, 0.717) is 24.3 Å². The molecule has 1 aliphatic rings. The highest BCUT2D eigenvalue weighted by molar-refractivity contribution is 5.97. The summed E-state index contributed by atoms with van der Waals surface area (Å²) in [4.78, 5) is 11.9. The molecule has 0 bridgehead atoms. The number of rotatable bonds is 2. The predicted molar refractivity (Wildman–Crippen MR) is 81.2 cm³/mol. The number of amidine groups is 1. The summed E-state index contributed by atoms with van der Waals surface area (Å²) in [5.41, 5.74) is 6.41. The lowest BCUT2D eigenvalue weighted by Crippen LogP contribution is -2.36. The van der Waals surface area contributed by atoms with E-state index in [0.717, 1.165) is 5.56 Å². The van der Waals surface area contributed by atoms with Gasteiger partial charge in [-0.15, -0.1) is 0 Å². The second-order valence-electron chi connectivity index (χ2n) is 6.07. The van der Waals surface area contributed by atoms with Gasteiger partial charge in [-0.2, -0.15) is 0 Å². The molecule has 7 nitrogen and oxygen atoms in total. The number of nitrogens with two attached hydrogens (primary N) is 1. The molecule has 1 aromatic carbocycles. The van der Waals surface area contributed by atoms with Gasteiger partial charge in [0.15, 0.2) is 5.84 Å². The van der Waals surface area contributed by atoms with E-state index in [4.69, 9.17) is 20.4 Å². The molecule has 1 atom stereocenters. The minimum atomic E-state index is -0.548. The van der Waals surface area contributed by atoms with Gasteiger partial charge in [0, 0.05) is 17.5 Å². The molecule has 0 radical (unpaired) electrons. The Bertz CT molecular complexity index is 593. The monoisotopic (exact) mass is 307 g/mol. The molecule has 2 rings (SSSR count).